The van der Waals surface area contributed by atoms with Crippen LogP contribution >= 0.6 is 11.6 Å². The van der Waals surface area contributed by atoms with Crippen molar-refractivity contribution in [1.82, 2.24) is 5.32 Å². The molecule has 0 amide bonds. The Balaban J connectivity index is 1.37. The van der Waals surface area contributed by atoms with Gasteiger partial charge in [-0.2, -0.15) is 0 Å². The molecule has 0 aromatic carbocycles. The van der Waals surface area contributed by atoms with Crippen LogP contribution in [0.2, 0.25) is 0 Å². The van der Waals surface area contributed by atoms with Crippen molar-refractivity contribution in [3.63, 3.8) is 0 Å². The van der Waals surface area contributed by atoms with Gasteiger partial charge in [-0.1, -0.05) is 19.3 Å². The smallest absolute Gasteiger partial charge is 0.0708 e. The van der Waals surface area contributed by atoms with E-state index in [0.29, 0.717) is 11.7 Å². The topological polar surface area (TPSA) is 21.3 Å². The van der Waals surface area contributed by atoms with Gasteiger partial charge in [0, 0.05) is 12.4 Å². The molecule has 0 radical (unpaired) electrons. The highest BCUT2D eigenvalue weighted by molar-refractivity contribution is 6.18. The molecule has 3 rings (SSSR count). The standard InChI is InChI=1S/C16H28ClNO/c17-10-13-4-3-5-14(13)11-18-12-15-6-9-16(19-15)7-1-2-8-16/h13-15,18H,1-12H2. The van der Waals surface area contributed by atoms with E-state index in [1.165, 1.54) is 57.8 Å². The first-order valence-electron chi connectivity index (χ1n) is 8.26. The second kappa shape index (κ2) is 6.32. The molecule has 3 heteroatoms. The third-order valence-corrected chi connectivity index (χ3v) is 6.04. The van der Waals surface area contributed by atoms with Crippen molar-refractivity contribution in [2.75, 3.05) is 19.0 Å². The SMILES string of the molecule is ClCC1CCCC1CNCC1CCC2(CCCC2)O1. The molecule has 1 saturated heterocycles. The molecule has 1 heterocycles. The van der Waals surface area contributed by atoms with Crippen LogP contribution in [0.1, 0.15) is 57.8 Å². The normalized spacial score (nSPS) is 37.4. The molecule has 19 heavy (non-hydrogen) atoms. The Morgan fingerprint density at radius 3 is 2.53 bits per heavy atom. The molecule has 0 aromatic heterocycles. The number of alkyl halides is 1. The minimum atomic E-state index is 0.290. The summed E-state index contributed by atoms with van der Waals surface area (Å²) in [6, 6.07) is 0. The van der Waals surface area contributed by atoms with E-state index in [4.69, 9.17) is 16.3 Å². The van der Waals surface area contributed by atoms with E-state index < -0.39 is 0 Å². The monoisotopic (exact) mass is 285 g/mol. The number of rotatable bonds is 5. The van der Waals surface area contributed by atoms with Crippen molar-refractivity contribution >= 4 is 11.6 Å². The van der Waals surface area contributed by atoms with E-state index in [1.807, 2.05) is 0 Å². The summed E-state index contributed by atoms with van der Waals surface area (Å²) in [6.07, 6.45) is 12.4. The lowest BCUT2D eigenvalue weighted by molar-refractivity contribution is -0.0353. The van der Waals surface area contributed by atoms with Crippen LogP contribution in [0.3, 0.4) is 0 Å². The summed E-state index contributed by atoms with van der Waals surface area (Å²) >= 11 is 6.04. The molecule has 1 spiro atoms. The zero-order chi connectivity index (χ0) is 13.1. The molecule has 1 aliphatic heterocycles. The molecule has 2 aliphatic carbocycles. The van der Waals surface area contributed by atoms with Gasteiger partial charge < -0.3 is 10.1 Å². The van der Waals surface area contributed by atoms with Crippen LogP contribution in [0.4, 0.5) is 0 Å². The number of hydrogen-bond donors (Lipinski definition) is 1. The Morgan fingerprint density at radius 2 is 1.74 bits per heavy atom. The van der Waals surface area contributed by atoms with Gasteiger partial charge in [0.15, 0.2) is 0 Å². The summed E-state index contributed by atoms with van der Waals surface area (Å²) in [5.41, 5.74) is 0.290. The summed E-state index contributed by atoms with van der Waals surface area (Å²) in [6.45, 7) is 2.19. The Labute approximate surface area is 122 Å². The Kier molecular flexibility index (Phi) is 4.71. The molecule has 110 valence electrons. The van der Waals surface area contributed by atoms with Crippen LogP contribution in [-0.4, -0.2) is 30.7 Å². The van der Waals surface area contributed by atoms with Crippen molar-refractivity contribution in [1.29, 1.82) is 0 Å². The predicted octanol–water partition coefficient (Wildman–Crippen LogP) is 3.72. The summed E-state index contributed by atoms with van der Waals surface area (Å²) in [7, 11) is 0. The second-order valence-corrected chi connectivity index (χ2v) is 7.24. The molecule has 3 fully saturated rings. The molecule has 2 saturated carbocycles. The van der Waals surface area contributed by atoms with Crippen molar-refractivity contribution in [3.8, 4) is 0 Å². The summed E-state index contributed by atoms with van der Waals surface area (Å²) < 4.78 is 6.34. The van der Waals surface area contributed by atoms with Crippen LogP contribution in [0.5, 0.6) is 0 Å². The summed E-state index contributed by atoms with van der Waals surface area (Å²) in [4.78, 5) is 0. The lowest BCUT2D eigenvalue weighted by Gasteiger charge is -2.24. The van der Waals surface area contributed by atoms with Gasteiger partial charge in [0.05, 0.1) is 11.7 Å². The maximum atomic E-state index is 6.34. The van der Waals surface area contributed by atoms with Gasteiger partial charge in [-0.25, -0.2) is 0 Å². The minimum Gasteiger partial charge on any atom is -0.370 e. The molecular formula is C16H28ClNO. The highest BCUT2D eigenvalue weighted by Gasteiger charge is 2.41. The van der Waals surface area contributed by atoms with Gasteiger partial charge >= 0.3 is 0 Å². The maximum Gasteiger partial charge on any atom is 0.0708 e. The molecule has 0 aromatic rings. The Bertz CT molecular complexity index is 290. The van der Waals surface area contributed by atoms with Crippen molar-refractivity contribution in [3.05, 3.63) is 0 Å². The van der Waals surface area contributed by atoms with Gasteiger partial charge in [-0.15, -0.1) is 11.6 Å². The highest BCUT2D eigenvalue weighted by Crippen LogP contribution is 2.43. The molecule has 3 unspecified atom stereocenters. The van der Waals surface area contributed by atoms with E-state index in [-0.39, 0.29) is 0 Å². The Hall–Kier alpha value is 0.210. The van der Waals surface area contributed by atoms with Gasteiger partial charge in [0.1, 0.15) is 0 Å². The van der Waals surface area contributed by atoms with E-state index in [0.717, 1.165) is 30.8 Å². The van der Waals surface area contributed by atoms with E-state index in [9.17, 15) is 0 Å². The lowest BCUT2D eigenvalue weighted by Crippen LogP contribution is -2.34. The number of ether oxygens (including phenoxy) is 1. The first-order valence-corrected chi connectivity index (χ1v) is 8.79. The fourth-order valence-corrected chi connectivity index (χ4v) is 4.85. The van der Waals surface area contributed by atoms with E-state index >= 15 is 0 Å². The molecule has 1 N–H and O–H groups in total. The van der Waals surface area contributed by atoms with Crippen LogP contribution < -0.4 is 5.32 Å². The lowest BCUT2D eigenvalue weighted by atomic mass is 9.97. The van der Waals surface area contributed by atoms with Crippen molar-refractivity contribution in [2.45, 2.75) is 69.5 Å². The average Bonchev–Trinajstić information content (AvgIpc) is 3.13. The zero-order valence-electron chi connectivity index (χ0n) is 12.0. The highest BCUT2D eigenvalue weighted by atomic mass is 35.5. The summed E-state index contributed by atoms with van der Waals surface area (Å²) in [5, 5.41) is 3.66. The average molecular weight is 286 g/mol. The Morgan fingerprint density at radius 1 is 0.947 bits per heavy atom. The third kappa shape index (κ3) is 3.28. The first-order chi connectivity index (χ1) is 9.31. The number of nitrogens with one attached hydrogen (secondary N) is 1. The number of halogens is 1. The van der Waals surface area contributed by atoms with E-state index in [1.54, 1.807) is 0 Å². The molecule has 3 aliphatic rings. The van der Waals surface area contributed by atoms with Crippen molar-refractivity contribution < 1.29 is 4.74 Å². The summed E-state index contributed by atoms with van der Waals surface area (Å²) in [5.74, 6) is 2.40. The van der Waals surface area contributed by atoms with Crippen LogP contribution in [0.15, 0.2) is 0 Å². The zero-order valence-corrected chi connectivity index (χ0v) is 12.8. The van der Waals surface area contributed by atoms with E-state index in [2.05, 4.69) is 5.32 Å². The van der Waals surface area contributed by atoms with Gasteiger partial charge in [-0.3, -0.25) is 0 Å². The number of hydrogen-bond acceptors (Lipinski definition) is 2. The van der Waals surface area contributed by atoms with Crippen LogP contribution in [-0.2, 0) is 4.74 Å². The fourth-order valence-electron chi connectivity index (χ4n) is 4.44. The van der Waals surface area contributed by atoms with Gasteiger partial charge in [-0.05, 0) is 56.9 Å². The predicted molar refractivity (Wildman–Crippen MR) is 79.7 cm³/mol. The fraction of sp³-hybridized carbons (Fsp3) is 1.00. The van der Waals surface area contributed by atoms with Gasteiger partial charge in [0.2, 0.25) is 0 Å². The molecule has 0 bridgehead atoms. The minimum absolute atomic E-state index is 0.290. The second-order valence-electron chi connectivity index (χ2n) is 6.93. The molecule has 3 atom stereocenters. The van der Waals surface area contributed by atoms with Crippen LogP contribution in [0.25, 0.3) is 0 Å². The van der Waals surface area contributed by atoms with Gasteiger partial charge in [0.25, 0.3) is 0 Å². The third-order valence-electron chi connectivity index (χ3n) is 5.65. The molecular weight excluding hydrogens is 258 g/mol. The largest absolute Gasteiger partial charge is 0.370 e. The van der Waals surface area contributed by atoms with Crippen LogP contribution in [0, 0.1) is 11.8 Å². The molecule has 2 nitrogen and oxygen atoms in total. The first kappa shape index (κ1) is 14.2. The maximum absolute atomic E-state index is 6.34. The quantitative estimate of drug-likeness (QED) is 0.777. The van der Waals surface area contributed by atoms with Crippen molar-refractivity contribution in [2.24, 2.45) is 11.8 Å².